The molecule has 4 nitrogen and oxygen atoms in total. The zero-order chi connectivity index (χ0) is 24.6. The highest BCUT2D eigenvalue weighted by Gasteiger charge is 2.44. The predicted molar refractivity (Wildman–Crippen MR) is 134 cm³/mol. The van der Waals surface area contributed by atoms with Gasteiger partial charge in [-0.2, -0.15) is 0 Å². The van der Waals surface area contributed by atoms with Gasteiger partial charge in [0.1, 0.15) is 12.2 Å². The molecule has 0 amide bonds. The number of halogens is 1. The molecule has 1 aliphatic rings. The molecule has 1 heterocycles. The van der Waals surface area contributed by atoms with Crippen molar-refractivity contribution in [1.29, 1.82) is 0 Å². The third-order valence-corrected chi connectivity index (χ3v) is 6.44. The molecule has 5 heteroatoms. The molecule has 0 aromatic heterocycles. The average Bonchev–Trinajstić information content (AvgIpc) is 2.92. The van der Waals surface area contributed by atoms with E-state index in [9.17, 15) is 4.79 Å². The van der Waals surface area contributed by atoms with E-state index in [1.807, 2.05) is 67.6 Å². The lowest BCUT2D eigenvalue weighted by atomic mass is 9.87. The summed E-state index contributed by atoms with van der Waals surface area (Å²) < 4.78 is 35.0. The smallest absolute Gasteiger partial charge is 0.171 e. The zero-order valence-electron chi connectivity index (χ0n) is 20.1. The molecule has 0 bridgehead atoms. The molecule has 35 heavy (non-hydrogen) atoms. The van der Waals surface area contributed by atoms with E-state index in [0.717, 1.165) is 11.1 Å². The number of rotatable bonds is 9. The lowest BCUT2D eigenvalue weighted by Gasteiger charge is -2.42. The number of carbonyl (C=O) groups excluding carboxylic acids is 1. The number of carbonyl (C=O) groups is 1. The lowest BCUT2D eigenvalue weighted by Crippen LogP contribution is -2.49. The summed E-state index contributed by atoms with van der Waals surface area (Å²) >= 11 is 0. The van der Waals surface area contributed by atoms with Crippen LogP contribution in [0.15, 0.2) is 90.7 Å². The van der Waals surface area contributed by atoms with E-state index in [-0.39, 0.29) is 35.5 Å². The predicted octanol–water partition coefficient (Wildman–Crippen LogP) is 6.75. The highest BCUT2D eigenvalue weighted by atomic mass is 19.1. The van der Waals surface area contributed by atoms with Crippen molar-refractivity contribution in [3.8, 4) is 0 Å². The maximum atomic E-state index is 16.1. The second kappa shape index (κ2) is 11.9. The van der Waals surface area contributed by atoms with Crippen LogP contribution in [0.5, 0.6) is 0 Å². The molecule has 1 aliphatic heterocycles. The Bertz CT molecular complexity index is 1130. The maximum absolute atomic E-state index is 16.1. The van der Waals surface area contributed by atoms with Crippen LogP contribution in [0.25, 0.3) is 5.83 Å². The van der Waals surface area contributed by atoms with Crippen molar-refractivity contribution in [3.05, 3.63) is 113 Å². The molecule has 4 atom stereocenters. The Morgan fingerprint density at radius 2 is 1.46 bits per heavy atom. The summed E-state index contributed by atoms with van der Waals surface area (Å²) in [6.45, 7) is 4.71. The van der Waals surface area contributed by atoms with Crippen LogP contribution in [0, 0.1) is 5.92 Å². The van der Waals surface area contributed by atoms with Gasteiger partial charge >= 0.3 is 0 Å². The number of ether oxygens (including phenoxy) is 3. The van der Waals surface area contributed by atoms with Crippen molar-refractivity contribution in [3.63, 3.8) is 0 Å². The first-order valence-electron chi connectivity index (χ1n) is 12.0. The van der Waals surface area contributed by atoms with E-state index >= 15 is 4.39 Å². The van der Waals surface area contributed by atoms with E-state index in [0.29, 0.717) is 19.3 Å². The standard InChI is InChI=1S/C30H31FO4/c1-3-26-21(2)28(33-19-22-12-6-4-7-13-22)30(34-20-23-14-8-5-9-15-23)29(35-26)27(31)25-17-11-10-16-24(25)18-32/h4-18,21,26,28,30H,3,19-20H2,1-2H3/t21-,26-,28+,30-/m1/s1. The Kier molecular flexibility index (Phi) is 8.45. The van der Waals surface area contributed by atoms with Crippen molar-refractivity contribution >= 4 is 12.1 Å². The van der Waals surface area contributed by atoms with E-state index in [2.05, 4.69) is 6.92 Å². The minimum Gasteiger partial charge on any atom is -0.488 e. The van der Waals surface area contributed by atoms with Gasteiger partial charge in [-0.3, -0.25) is 4.79 Å². The Hall–Kier alpha value is -3.28. The summed E-state index contributed by atoms with van der Waals surface area (Å²) in [5.41, 5.74) is 2.44. The van der Waals surface area contributed by atoms with E-state index in [1.165, 1.54) is 0 Å². The van der Waals surface area contributed by atoms with Gasteiger partial charge in [0.05, 0.1) is 19.3 Å². The SMILES string of the molecule is CC[C@H]1OC(=C(F)c2ccccc2C=O)[C@H](OCc2ccccc2)[C@@H](OCc2ccccc2)[C@@H]1C. The fourth-order valence-electron chi connectivity index (χ4n) is 4.47. The molecule has 0 radical (unpaired) electrons. The molecular weight excluding hydrogens is 443 g/mol. The molecule has 0 saturated carbocycles. The fraction of sp³-hybridized carbons (Fsp3) is 0.300. The van der Waals surface area contributed by atoms with E-state index in [4.69, 9.17) is 14.2 Å². The topological polar surface area (TPSA) is 44.8 Å². The van der Waals surface area contributed by atoms with Gasteiger partial charge in [0.2, 0.25) is 0 Å². The average molecular weight is 475 g/mol. The summed E-state index contributed by atoms with van der Waals surface area (Å²) in [6.07, 6.45) is -0.139. The minimum atomic E-state index is -0.781. The summed E-state index contributed by atoms with van der Waals surface area (Å²) in [7, 11) is 0. The molecular formula is C30H31FO4. The van der Waals surface area contributed by atoms with Gasteiger partial charge in [-0.25, -0.2) is 4.39 Å². The third-order valence-electron chi connectivity index (χ3n) is 6.44. The maximum Gasteiger partial charge on any atom is 0.171 e. The lowest BCUT2D eigenvalue weighted by molar-refractivity contribution is -0.167. The Balaban J connectivity index is 1.72. The molecule has 0 unspecified atom stereocenters. The van der Waals surface area contributed by atoms with Gasteiger partial charge in [0.15, 0.2) is 17.9 Å². The van der Waals surface area contributed by atoms with Gasteiger partial charge < -0.3 is 14.2 Å². The molecule has 0 N–H and O–H groups in total. The Morgan fingerprint density at radius 3 is 2.06 bits per heavy atom. The summed E-state index contributed by atoms with van der Waals surface area (Å²) in [5, 5.41) is 0. The van der Waals surface area contributed by atoms with Crippen molar-refractivity contribution in [2.45, 2.75) is 51.8 Å². The van der Waals surface area contributed by atoms with Crippen LogP contribution in [-0.2, 0) is 27.4 Å². The first-order valence-corrected chi connectivity index (χ1v) is 12.0. The number of aldehydes is 1. The largest absolute Gasteiger partial charge is 0.488 e. The van der Waals surface area contributed by atoms with Gasteiger partial charge in [0.25, 0.3) is 0 Å². The van der Waals surface area contributed by atoms with Gasteiger partial charge in [-0.1, -0.05) is 98.8 Å². The second-order valence-electron chi connectivity index (χ2n) is 8.79. The highest BCUT2D eigenvalue weighted by Crippen LogP contribution is 2.39. The van der Waals surface area contributed by atoms with Crippen molar-refractivity contribution < 1.29 is 23.4 Å². The molecule has 3 aromatic carbocycles. The minimum absolute atomic E-state index is 0.0395. The monoisotopic (exact) mass is 474 g/mol. The van der Waals surface area contributed by atoms with Gasteiger partial charge in [0, 0.05) is 17.0 Å². The molecule has 1 saturated heterocycles. The van der Waals surface area contributed by atoms with Crippen LogP contribution in [0.4, 0.5) is 4.39 Å². The molecule has 4 rings (SSSR count). The Morgan fingerprint density at radius 1 is 0.886 bits per heavy atom. The van der Waals surface area contributed by atoms with Crippen LogP contribution in [0.1, 0.15) is 47.3 Å². The van der Waals surface area contributed by atoms with Crippen LogP contribution < -0.4 is 0 Å². The quantitative estimate of drug-likeness (QED) is 0.322. The Labute approximate surface area is 206 Å². The summed E-state index contributed by atoms with van der Waals surface area (Å²) in [5.74, 6) is -0.551. The molecule has 0 spiro atoms. The van der Waals surface area contributed by atoms with Crippen LogP contribution in [0.2, 0.25) is 0 Å². The van der Waals surface area contributed by atoms with Gasteiger partial charge in [-0.15, -0.1) is 0 Å². The van der Waals surface area contributed by atoms with Crippen molar-refractivity contribution in [2.24, 2.45) is 5.92 Å². The third kappa shape index (κ3) is 5.87. The van der Waals surface area contributed by atoms with Crippen LogP contribution >= 0.6 is 0 Å². The molecule has 182 valence electrons. The summed E-state index contributed by atoms with van der Waals surface area (Å²) in [4.78, 5) is 11.6. The molecule has 1 fully saturated rings. The molecule has 3 aromatic rings. The van der Waals surface area contributed by atoms with Crippen molar-refractivity contribution in [2.75, 3.05) is 0 Å². The zero-order valence-corrected chi connectivity index (χ0v) is 20.1. The van der Waals surface area contributed by atoms with Crippen molar-refractivity contribution in [1.82, 2.24) is 0 Å². The van der Waals surface area contributed by atoms with Crippen LogP contribution in [-0.4, -0.2) is 24.6 Å². The fourth-order valence-corrected chi connectivity index (χ4v) is 4.47. The summed E-state index contributed by atoms with van der Waals surface area (Å²) in [6, 6.07) is 26.2. The number of benzene rings is 3. The normalized spacial score (nSPS) is 23.4. The molecule has 0 aliphatic carbocycles. The first kappa shape index (κ1) is 24.8. The van der Waals surface area contributed by atoms with Crippen LogP contribution in [0.3, 0.4) is 0 Å². The highest BCUT2D eigenvalue weighted by molar-refractivity contribution is 5.84. The number of hydrogen-bond acceptors (Lipinski definition) is 4. The first-order chi connectivity index (χ1) is 17.1. The van der Waals surface area contributed by atoms with Gasteiger partial charge in [-0.05, 0) is 17.5 Å². The number of hydrogen-bond donors (Lipinski definition) is 0. The second-order valence-corrected chi connectivity index (χ2v) is 8.79. The van der Waals surface area contributed by atoms with E-state index in [1.54, 1.807) is 24.3 Å². The van der Waals surface area contributed by atoms with E-state index < -0.39 is 18.0 Å².